The van der Waals surface area contributed by atoms with Crippen LogP contribution in [0.2, 0.25) is 0 Å². The van der Waals surface area contributed by atoms with Gasteiger partial charge in [0, 0.05) is 18.2 Å². The number of hydrogen-bond donors (Lipinski definition) is 0. The zero-order chi connectivity index (χ0) is 14.9. The molecule has 0 rings (SSSR count). The minimum atomic E-state index is -2.50. The van der Waals surface area contributed by atoms with Crippen LogP contribution in [-0.4, -0.2) is 30.4 Å². The van der Waals surface area contributed by atoms with Gasteiger partial charge in [-0.05, 0) is 0 Å². The van der Waals surface area contributed by atoms with Gasteiger partial charge in [-0.15, -0.1) is 0 Å². The number of esters is 3. The average molecular weight is 265 g/mol. The van der Waals surface area contributed by atoms with Gasteiger partial charge in [-0.25, -0.2) is 21.0 Å². The van der Waals surface area contributed by atoms with Crippen molar-refractivity contribution in [2.75, 3.05) is 6.54 Å². The smallest absolute Gasteiger partial charge is 0.379 e. The molecule has 0 spiro atoms. The predicted octanol–water partition coefficient (Wildman–Crippen LogP) is 0.747. The number of rotatable bonds is 7. The first-order valence-electron chi connectivity index (χ1n) is 4.82. The molecule has 0 aliphatic carbocycles. The minimum Gasteiger partial charge on any atom is -0.379 e. The summed E-state index contributed by atoms with van der Waals surface area (Å²) in [4.78, 5) is 36.4. The molecule has 0 radical (unpaired) electrons. The predicted molar refractivity (Wildman–Crippen MR) is 63.1 cm³/mol. The Kier molecular flexibility index (Phi) is 6.32. The topological polar surface area (TPSA) is 83.3 Å². The van der Waals surface area contributed by atoms with E-state index in [1.807, 2.05) is 0 Å². The van der Waals surface area contributed by atoms with Gasteiger partial charge in [0.2, 0.25) is 0 Å². The Hall–Kier alpha value is -2.88. The first-order chi connectivity index (χ1) is 8.92. The molecule has 0 aliphatic rings. The summed E-state index contributed by atoms with van der Waals surface area (Å²) in [5.74, 6) is -5.63. The highest BCUT2D eigenvalue weighted by Crippen LogP contribution is 2.18. The van der Waals surface area contributed by atoms with Crippen molar-refractivity contribution in [3.05, 3.63) is 49.4 Å². The lowest BCUT2D eigenvalue weighted by Crippen LogP contribution is -2.46. The Bertz CT molecular complexity index is 404. The molecule has 19 heavy (non-hydrogen) atoms. The van der Waals surface area contributed by atoms with Crippen molar-refractivity contribution in [1.82, 2.24) is 0 Å². The molecular weight excluding hydrogens is 254 g/mol. The van der Waals surface area contributed by atoms with Gasteiger partial charge in [0.25, 0.3) is 0 Å². The van der Waals surface area contributed by atoms with Crippen LogP contribution in [-0.2, 0) is 28.6 Å². The molecule has 0 fully saturated rings. The van der Waals surface area contributed by atoms with Crippen molar-refractivity contribution in [2.24, 2.45) is 0 Å². The Morgan fingerprint density at radius 1 is 0.947 bits per heavy atom. The van der Waals surface area contributed by atoms with Crippen LogP contribution in [0.25, 0.3) is 4.85 Å². The Morgan fingerprint density at radius 2 is 1.26 bits per heavy atom. The summed E-state index contributed by atoms with van der Waals surface area (Å²) in [6, 6.07) is 0. The number of ether oxygens (including phenoxy) is 3. The van der Waals surface area contributed by atoms with Crippen LogP contribution in [0.5, 0.6) is 0 Å². The zero-order valence-electron chi connectivity index (χ0n) is 9.96. The summed E-state index contributed by atoms with van der Waals surface area (Å²) >= 11 is 0. The highest BCUT2D eigenvalue weighted by atomic mass is 16.9. The quantitative estimate of drug-likeness (QED) is 0.292. The van der Waals surface area contributed by atoms with E-state index in [0.29, 0.717) is 0 Å². The molecule has 0 aliphatic heterocycles. The average Bonchev–Trinajstić information content (AvgIpc) is 2.38. The summed E-state index contributed by atoms with van der Waals surface area (Å²) in [6.45, 7) is 15.4. The fraction of sp³-hybridized carbons (Fsp3) is 0.167. The summed E-state index contributed by atoms with van der Waals surface area (Å²) < 4.78 is 13.9. The van der Waals surface area contributed by atoms with Crippen molar-refractivity contribution in [3.8, 4) is 0 Å². The second-order valence-electron chi connectivity index (χ2n) is 2.87. The molecule has 0 N–H and O–H groups in total. The van der Waals surface area contributed by atoms with Gasteiger partial charge in [0.05, 0.1) is 0 Å². The van der Waals surface area contributed by atoms with Crippen molar-refractivity contribution >= 4 is 17.9 Å². The van der Waals surface area contributed by atoms with Crippen molar-refractivity contribution in [2.45, 2.75) is 5.97 Å². The van der Waals surface area contributed by atoms with Gasteiger partial charge >= 0.3 is 30.4 Å². The third-order valence-electron chi connectivity index (χ3n) is 1.54. The third kappa shape index (κ3) is 5.32. The SMILES string of the molecule is [C-]#[N+]CC(OC(=O)C=C)(OC(=O)C=C)OC(=O)C=C. The zero-order valence-corrected chi connectivity index (χ0v) is 9.96. The van der Waals surface area contributed by atoms with Crippen LogP contribution >= 0.6 is 0 Å². The number of carbonyl (C=O) groups is 3. The second-order valence-corrected chi connectivity index (χ2v) is 2.87. The standard InChI is InChI=1S/C12H11NO6/c1-5-9(14)17-12(8-13-4,18-10(15)6-2)19-11(16)7-3/h5-7H,1-3,8H2. The molecule has 0 aromatic heterocycles. The van der Waals surface area contributed by atoms with Crippen LogP contribution < -0.4 is 0 Å². The molecule has 0 saturated heterocycles. The summed E-state index contributed by atoms with van der Waals surface area (Å²) in [7, 11) is 0. The lowest BCUT2D eigenvalue weighted by Gasteiger charge is -2.25. The maximum Gasteiger partial charge on any atom is 0.501 e. The van der Waals surface area contributed by atoms with E-state index >= 15 is 0 Å². The Balaban J connectivity index is 5.36. The fourth-order valence-corrected chi connectivity index (χ4v) is 0.841. The molecule has 0 atom stereocenters. The summed E-state index contributed by atoms with van der Waals surface area (Å²) in [5, 5.41) is 0. The molecule has 0 heterocycles. The van der Waals surface area contributed by atoms with Crippen LogP contribution in [0.3, 0.4) is 0 Å². The maximum atomic E-state index is 11.2. The molecule has 0 bridgehead atoms. The molecule has 7 nitrogen and oxygen atoms in total. The highest BCUT2D eigenvalue weighted by Gasteiger charge is 2.47. The first kappa shape index (κ1) is 16.1. The van der Waals surface area contributed by atoms with E-state index in [1.54, 1.807) is 0 Å². The summed E-state index contributed by atoms with van der Waals surface area (Å²) in [5.41, 5.74) is 0. The highest BCUT2D eigenvalue weighted by molar-refractivity contribution is 5.85. The van der Waals surface area contributed by atoms with E-state index in [-0.39, 0.29) is 0 Å². The molecule has 0 saturated carbocycles. The van der Waals surface area contributed by atoms with E-state index in [2.05, 4.69) is 38.8 Å². The van der Waals surface area contributed by atoms with Crippen molar-refractivity contribution in [3.63, 3.8) is 0 Å². The first-order valence-corrected chi connectivity index (χ1v) is 4.82. The van der Waals surface area contributed by atoms with Gasteiger partial charge in [-0.3, -0.25) is 0 Å². The largest absolute Gasteiger partial charge is 0.501 e. The molecule has 0 unspecified atom stereocenters. The van der Waals surface area contributed by atoms with E-state index in [9.17, 15) is 14.4 Å². The molecule has 0 aromatic rings. The monoisotopic (exact) mass is 265 g/mol. The Morgan fingerprint density at radius 3 is 1.47 bits per heavy atom. The van der Waals surface area contributed by atoms with Crippen molar-refractivity contribution in [1.29, 1.82) is 0 Å². The van der Waals surface area contributed by atoms with Gasteiger partial charge in [0.1, 0.15) is 0 Å². The lowest BCUT2D eigenvalue weighted by atomic mass is 10.5. The van der Waals surface area contributed by atoms with Crippen LogP contribution in [0, 0.1) is 6.57 Å². The molecule has 7 heteroatoms. The number of carbonyl (C=O) groups excluding carboxylic acids is 3. The number of hydrogen-bond acceptors (Lipinski definition) is 6. The Labute approximate surface area is 109 Å². The molecule has 0 amide bonds. The van der Waals surface area contributed by atoms with E-state index in [4.69, 9.17) is 6.57 Å². The molecule has 0 aromatic carbocycles. The van der Waals surface area contributed by atoms with Gasteiger partial charge in [-0.2, -0.15) is 0 Å². The normalized spacial score (nSPS) is 9.42. The van der Waals surface area contributed by atoms with E-state index < -0.39 is 30.4 Å². The van der Waals surface area contributed by atoms with E-state index in [1.165, 1.54) is 0 Å². The summed E-state index contributed by atoms with van der Waals surface area (Å²) in [6.07, 6.45) is 2.26. The lowest BCUT2D eigenvalue weighted by molar-refractivity contribution is -0.315. The van der Waals surface area contributed by atoms with Gasteiger partial charge < -0.3 is 19.1 Å². The van der Waals surface area contributed by atoms with Gasteiger partial charge in [0.15, 0.2) is 0 Å². The van der Waals surface area contributed by atoms with Crippen LogP contribution in [0.4, 0.5) is 0 Å². The van der Waals surface area contributed by atoms with E-state index in [0.717, 1.165) is 18.2 Å². The minimum absolute atomic E-state index is 0.744. The van der Waals surface area contributed by atoms with Gasteiger partial charge in [-0.1, -0.05) is 19.7 Å². The van der Waals surface area contributed by atoms with Crippen LogP contribution in [0.15, 0.2) is 38.0 Å². The maximum absolute atomic E-state index is 11.2. The second kappa shape index (κ2) is 7.45. The third-order valence-corrected chi connectivity index (χ3v) is 1.54. The molecular formula is C12H11NO6. The van der Waals surface area contributed by atoms with Crippen molar-refractivity contribution < 1.29 is 28.6 Å². The fourth-order valence-electron chi connectivity index (χ4n) is 0.841. The van der Waals surface area contributed by atoms with Crippen LogP contribution in [0.1, 0.15) is 0 Å². The number of nitrogens with zero attached hydrogens (tertiary/aromatic N) is 1. The molecule has 100 valence electrons.